The Morgan fingerprint density at radius 3 is 2.21 bits per heavy atom. The third kappa shape index (κ3) is 3.97. The Bertz CT molecular complexity index is 459. The molecular formula is C12H12F3NO3. The summed E-state index contributed by atoms with van der Waals surface area (Å²) in [5, 5.41) is 8.96. The summed E-state index contributed by atoms with van der Waals surface area (Å²) in [6.07, 6.45) is -5.27. The second kappa shape index (κ2) is 5.73. The SMILES string of the molecule is CN(C(=O)C(F)(F)F)[C@H](Cc1ccccc1)C(=O)O. The van der Waals surface area contributed by atoms with Crippen LogP contribution in [0.3, 0.4) is 0 Å². The van der Waals surface area contributed by atoms with Crippen LogP contribution in [-0.4, -0.2) is 41.1 Å². The Hall–Kier alpha value is -2.05. The number of hydrogen-bond donors (Lipinski definition) is 1. The molecule has 0 aliphatic rings. The fourth-order valence-corrected chi connectivity index (χ4v) is 1.57. The summed E-state index contributed by atoms with van der Waals surface area (Å²) in [4.78, 5) is 22.3. The van der Waals surface area contributed by atoms with Crippen molar-refractivity contribution >= 4 is 11.9 Å². The number of nitrogens with zero attached hydrogens (tertiary/aromatic N) is 1. The van der Waals surface area contributed by atoms with E-state index in [1.165, 1.54) is 0 Å². The number of carboxylic acids is 1. The quantitative estimate of drug-likeness (QED) is 0.910. The number of halogens is 3. The van der Waals surface area contributed by atoms with Gasteiger partial charge in [-0.3, -0.25) is 4.79 Å². The summed E-state index contributed by atoms with van der Waals surface area (Å²) >= 11 is 0. The van der Waals surface area contributed by atoms with Gasteiger partial charge >= 0.3 is 18.1 Å². The van der Waals surface area contributed by atoms with Crippen LogP contribution in [0.1, 0.15) is 5.56 Å². The topological polar surface area (TPSA) is 57.6 Å². The molecule has 0 bridgehead atoms. The predicted octanol–water partition coefficient (Wildman–Crippen LogP) is 1.70. The van der Waals surface area contributed by atoms with Gasteiger partial charge in [0.15, 0.2) is 0 Å². The number of carbonyl (C=O) groups excluding carboxylic acids is 1. The van der Waals surface area contributed by atoms with Gasteiger partial charge in [-0.25, -0.2) is 4.79 Å². The summed E-state index contributed by atoms with van der Waals surface area (Å²) in [7, 11) is 0.831. The van der Waals surface area contributed by atoms with E-state index in [-0.39, 0.29) is 11.3 Å². The fourth-order valence-electron chi connectivity index (χ4n) is 1.57. The molecule has 4 nitrogen and oxygen atoms in total. The molecule has 0 aromatic heterocycles. The number of carbonyl (C=O) groups is 2. The molecule has 0 heterocycles. The van der Waals surface area contributed by atoms with E-state index in [4.69, 9.17) is 5.11 Å². The maximum atomic E-state index is 12.3. The van der Waals surface area contributed by atoms with Gasteiger partial charge in [0.25, 0.3) is 0 Å². The minimum atomic E-state index is -5.08. The second-order valence-corrected chi connectivity index (χ2v) is 3.96. The molecule has 19 heavy (non-hydrogen) atoms. The standard InChI is InChI=1S/C12H12F3NO3/c1-16(11(19)12(13,14)15)9(10(17)18)7-8-5-3-2-4-6-8/h2-6,9H,7H2,1H3,(H,17,18)/t9-/m1/s1. The van der Waals surface area contributed by atoms with E-state index in [0.717, 1.165) is 7.05 Å². The predicted molar refractivity (Wildman–Crippen MR) is 60.4 cm³/mol. The zero-order chi connectivity index (χ0) is 14.6. The molecule has 0 saturated heterocycles. The largest absolute Gasteiger partial charge is 0.480 e. The minimum Gasteiger partial charge on any atom is -0.480 e. The van der Waals surface area contributed by atoms with Crippen LogP contribution in [0.2, 0.25) is 0 Å². The molecule has 0 unspecified atom stereocenters. The van der Waals surface area contributed by atoms with Gasteiger partial charge in [-0.05, 0) is 5.56 Å². The van der Waals surface area contributed by atoms with E-state index < -0.39 is 24.1 Å². The number of aliphatic carboxylic acids is 1. The van der Waals surface area contributed by atoms with Gasteiger partial charge in [-0.15, -0.1) is 0 Å². The van der Waals surface area contributed by atoms with Gasteiger partial charge in [-0.1, -0.05) is 30.3 Å². The first kappa shape index (κ1) is 15.0. The average molecular weight is 275 g/mol. The average Bonchev–Trinajstić information content (AvgIpc) is 2.34. The van der Waals surface area contributed by atoms with Crippen molar-refractivity contribution in [1.29, 1.82) is 0 Å². The number of carboxylic acid groups (broad SMARTS) is 1. The van der Waals surface area contributed by atoms with Crippen molar-refractivity contribution in [3.8, 4) is 0 Å². The number of rotatable bonds is 4. The van der Waals surface area contributed by atoms with Crippen LogP contribution >= 0.6 is 0 Å². The molecule has 1 aromatic rings. The Kier molecular flexibility index (Phi) is 4.52. The molecule has 0 radical (unpaired) electrons. The third-order valence-electron chi connectivity index (χ3n) is 2.59. The highest BCUT2D eigenvalue weighted by Crippen LogP contribution is 2.20. The molecule has 1 N–H and O–H groups in total. The first-order valence-corrected chi connectivity index (χ1v) is 5.34. The molecule has 104 valence electrons. The van der Waals surface area contributed by atoms with Crippen molar-refractivity contribution < 1.29 is 27.9 Å². The normalized spacial score (nSPS) is 12.8. The minimum absolute atomic E-state index is 0.186. The van der Waals surface area contributed by atoms with Crippen LogP contribution in [0.25, 0.3) is 0 Å². The van der Waals surface area contributed by atoms with Gasteiger partial charge in [0.05, 0.1) is 0 Å². The maximum absolute atomic E-state index is 12.3. The van der Waals surface area contributed by atoms with Crippen LogP contribution in [0.4, 0.5) is 13.2 Å². The monoisotopic (exact) mass is 275 g/mol. The summed E-state index contributed by atoms with van der Waals surface area (Å²) in [5.41, 5.74) is 0.539. The van der Waals surface area contributed by atoms with Gasteiger partial charge in [0.1, 0.15) is 6.04 Å². The second-order valence-electron chi connectivity index (χ2n) is 3.96. The number of amides is 1. The van der Waals surface area contributed by atoms with Crippen molar-refractivity contribution in [1.82, 2.24) is 4.90 Å². The Labute approximate surface area is 107 Å². The third-order valence-corrected chi connectivity index (χ3v) is 2.59. The highest BCUT2D eigenvalue weighted by atomic mass is 19.4. The van der Waals surface area contributed by atoms with Gasteiger partial charge < -0.3 is 10.0 Å². The number of likely N-dealkylation sites (N-methyl/N-ethyl adjacent to an activating group) is 1. The molecule has 1 amide bonds. The molecule has 0 spiro atoms. The summed E-state index contributed by atoms with van der Waals surface area (Å²) in [6.45, 7) is 0. The van der Waals surface area contributed by atoms with E-state index in [1.54, 1.807) is 30.3 Å². The van der Waals surface area contributed by atoms with Crippen molar-refractivity contribution in [2.75, 3.05) is 7.05 Å². The van der Waals surface area contributed by atoms with Crippen LogP contribution in [0, 0.1) is 0 Å². The molecular weight excluding hydrogens is 263 g/mol. The van der Waals surface area contributed by atoms with E-state index in [0.29, 0.717) is 5.56 Å². The number of hydrogen-bond acceptors (Lipinski definition) is 2. The maximum Gasteiger partial charge on any atom is 0.471 e. The lowest BCUT2D eigenvalue weighted by Gasteiger charge is -2.25. The molecule has 1 rings (SSSR count). The zero-order valence-corrected chi connectivity index (χ0v) is 10.0. The summed E-state index contributed by atoms with van der Waals surface area (Å²) in [5.74, 6) is -3.65. The molecule has 0 aliphatic carbocycles. The lowest BCUT2D eigenvalue weighted by Crippen LogP contribution is -2.49. The lowest BCUT2D eigenvalue weighted by molar-refractivity contribution is -0.188. The highest BCUT2D eigenvalue weighted by Gasteiger charge is 2.44. The molecule has 1 atom stereocenters. The fraction of sp³-hybridized carbons (Fsp3) is 0.333. The summed E-state index contributed by atoms with van der Waals surface area (Å²) in [6, 6.07) is 6.59. The molecule has 0 saturated carbocycles. The number of benzene rings is 1. The zero-order valence-electron chi connectivity index (χ0n) is 10.0. The van der Waals surface area contributed by atoms with E-state index in [1.807, 2.05) is 0 Å². The number of alkyl halides is 3. The summed E-state index contributed by atoms with van der Waals surface area (Å²) < 4.78 is 36.8. The Morgan fingerprint density at radius 2 is 1.79 bits per heavy atom. The van der Waals surface area contributed by atoms with Crippen LogP contribution in [0.15, 0.2) is 30.3 Å². The van der Waals surface area contributed by atoms with Crippen LogP contribution < -0.4 is 0 Å². The van der Waals surface area contributed by atoms with Crippen LogP contribution in [-0.2, 0) is 16.0 Å². The van der Waals surface area contributed by atoms with Gasteiger partial charge in [-0.2, -0.15) is 13.2 Å². The molecule has 0 fully saturated rings. The first-order valence-electron chi connectivity index (χ1n) is 5.34. The highest BCUT2D eigenvalue weighted by molar-refractivity contribution is 5.87. The van der Waals surface area contributed by atoms with E-state index >= 15 is 0 Å². The van der Waals surface area contributed by atoms with E-state index in [9.17, 15) is 22.8 Å². The smallest absolute Gasteiger partial charge is 0.471 e. The molecule has 0 aliphatic heterocycles. The first-order chi connectivity index (χ1) is 8.73. The van der Waals surface area contributed by atoms with Crippen molar-refractivity contribution in [3.05, 3.63) is 35.9 Å². The van der Waals surface area contributed by atoms with Crippen LogP contribution in [0.5, 0.6) is 0 Å². The Morgan fingerprint density at radius 1 is 1.26 bits per heavy atom. The lowest BCUT2D eigenvalue weighted by atomic mass is 10.0. The van der Waals surface area contributed by atoms with Crippen molar-refractivity contribution in [3.63, 3.8) is 0 Å². The van der Waals surface area contributed by atoms with Gasteiger partial charge in [0.2, 0.25) is 0 Å². The molecule has 1 aromatic carbocycles. The van der Waals surface area contributed by atoms with Gasteiger partial charge in [0, 0.05) is 13.5 Å². The van der Waals surface area contributed by atoms with Crippen molar-refractivity contribution in [2.45, 2.75) is 18.6 Å². The Balaban J connectivity index is 2.90. The van der Waals surface area contributed by atoms with Crippen molar-refractivity contribution in [2.24, 2.45) is 0 Å². The van der Waals surface area contributed by atoms with E-state index in [2.05, 4.69) is 0 Å². The molecule has 7 heteroatoms.